The summed E-state index contributed by atoms with van der Waals surface area (Å²) in [5.41, 5.74) is 3.80. The Bertz CT molecular complexity index is 498. The predicted octanol–water partition coefficient (Wildman–Crippen LogP) is 4.10. The Hall–Kier alpha value is -1.54. The predicted molar refractivity (Wildman–Crippen MR) is 73.4 cm³/mol. The molecule has 0 radical (unpaired) electrons. The summed E-state index contributed by atoms with van der Waals surface area (Å²) in [6, 6.07) is 11.3. The molecule has 2 heteroatoms. The molecule has 2 nitrogen and oxygen atoms in total. The molecule has 1 aromatic heterocycles. The monoisotopic (exact) mass is 241 g/mol. The van der Waals surface area contributed by atoms with Crippen LogP contribution in [0.4, 0.5) is 0 Å². The fraction of sp³-hybridized carbons (Fsp3) is 0.375. The molecule has 94 valence electrons. The molecule has 0 aliphatic carbocycles. The van der Waals surface area contributed by atoms with Crippen LogP contribution < -0.4 is 0 Å². The second-order valence-electron chi connectivity index (χ2n) is 5.06. The molecule has 1 atom stereocenters. The molecule has 1 aliphatic heterocycles. The molecule has 1 aliphatic rings. The third-order valence-corrected chi connectivity index (χ3v) is 3.91. The Morgan fingerprint density at radius 2 is 1.94 bits per heavy atom. The molecule has 0 saturated carbocycles. The van der Waals surface area contributed by atoms with Crippen LogP contribution in [-0.4, -0.2) is 18.0 Å². The minimum Gasteiger partial charge on any atom is -0.472 e. The first-order valence-corrected chi connectivity index (χ1v) is 6.71. The van der Waals surface area contributed by atoms with Crippen LogP contribution in [0.15, 0.2) is 47.3 Å². The number of furan rings is 1. The van der Waals surface area contributed by atoms with Crippen molar-refractivity contribution in [1.29, 1.82) is 0 Å². The molecule has 0 N–H and O–H groups in total. The topological polar surface area (TPSA) is 16.4 Å². The largest absolute Gasteiger partial charge is 0.472 e. The summed E-state index contributed by atoms with van der Waals surface area (Å²) in [6.45, 7) is 4.77. The minimum absolute atomic E-state index is 0.513. The van der Waals surface area contributed by atoms with Crippen LogP contribution in [0.2, 0.25) is 0 Å². The van der Waals surface area contributed by atoms with Gasteiger partial charge in [0.25, 0.3) is 0 Å². The van der Waals surface area contributed by atoms with E-state index in [-0.39, 0.29) is 0 Å². The Labute approximate surface area is 108 Å². The first-order valence-electron chi connectivity index (χ1n) is 6.71. The zero-order valence-electron chi connectivity index (χ0n) is 10.8. The standard InChI is InChI=1S/C16H19NO/c1-13(17-8-2-3-9-17)14-5-4-6-15(11-14)16-7-10-18-12-16/h4-7,10-13H,2-3,8-9H2,1H3/t13-/m1/s1. The normalized spacial score (nSPS) is 18.1. The maximum atomic E-state index is 5.16. The van der Waals surface area contributed by atoms with Crippen molar-refractivity contribution in [3.63, 3.8) is 0 Å². The van der Waals surface area contributed by atoms with Gasteiger partial charge in [-0.1, -0.05) is 18.2 Å². The van der Waals surface area contributed by atoms with Gasteiger partial charge in [-0.3, -0.25) is 4.90 Å². The van der Waals surface area contributed by atoms with Gasteiger partial charge in [0.15, 0.2) is 0 Å². The number of likely N-dealkylation sites (tertiary alicyclic amines) is 1. The molecular formula is C16H19NO. The number of hydrogen-bond donors (Lipinski definition) is 0. The third kappa shape index (κ3) is 2.21. The number of nitrogens with zero attached hydrogens (tertiary/aromatic N) is 1. The van der Waals surface area contributed by atoms with Crippen LogP contribution in [0, 0.1) is 0 Å². The lowest BCUT2D eigenvalue weighted by molar-refractivity contribution is 0.263. The molecule has 0 bridgehead atoms. The summed E-state index contributed by atoms with van der Waals surface area (Å²) in [5.74, 6) is 0. The van der Waals surface area contributed by atoms with Crippen molar-refractivity contribution < 1.29 is 4.42 Å². The molecule has 0 unspecified atom stereocenters. The van der Waals surface area contributed by atoms with Crippen molar-refractivity contribution >= 4 is 0 Å². The highest BCUT2D eigenvalue weighted by atomic mass is 16.3. The third-order valence-electron chi connectivity index (χ3n) is 3.91. The van der Waals surface area contributed by atoms with Gasteiger partial charge in [-0.25, -0.2) is 0 Å². The van der Waals surface area contributed by atoms with E-state index in [1.165, 1.54) is 37.1 Å². The average molecular weight is 241 g/mol. The van der Waals surface area contributed by atoms with E-state index in [2.05, 4.69) is 36.1 Å². The average Bonchev–Trinajstić information content (AvgIpc) is 3.11. The molecule has 0 spiro atoms. The quantitative estimate of drug-likeness (QED) is 0.804. The van der Waals surface area contributed by atoms with Gasteiger partial charge in [0, 0.05) is 11.6 Å². The zero-order valence-corrected chi connectivity index (χ0v) is 10.8. The molecule has 0 amide bonds. The van der Waals surface area contributed by atoms with Gasteiger partial charge < -0.3 is 4.42 Å². The highest BCUT2D eigenvalue weighted by Crippen LogP contribution is 2.28. The van der Waals surface area contributed by atoms with E-state index in [1.54, 1.807) is 12.5 Å². The van der Waals surface area contributed by atoms with E-state index in [1.807, 2.05) is 6.07 Å². The van der Waals surface area contributed by atoms with E-state index >= 15 is 0 Å². The summed E-state index contributed by atoms with van der Waals surface area (Å²) >= 11 is 0. The van der Waals surface area contributed by atoms with Crippen LogP contribution in [0.5, 0.6) is 0 Å². The highest BCUT2D eigenvalue weighted by molar-refractivity contribution is 5.62. The van der Waals surface area contributed by atoms with Gasteiger partial charge in [-0.05, 0) is 56.1 Å². The summed E-state index contributed by atoms with van der Waals surface area (Å²) in [5, 5.41) is 0. The number of rotatable bonds is 3. The first kappa shape index (κ1) is 11.5. The van der Waals surface area contributed by atoms with Gasteiger partial charge in [0.1, 0.15) is 0 Å². The van der Waals surface area contributed by atoms with Crippen molar-refractivity contribution in [2.75, 3.05) is 13.1 Å². The lowest BCUT2D eigenvalue weighted by Gasteiger charge is -2.24. The molecule has 2 heterocycles. The lowest BCUT2D eigenvalue weighted by atomic mass is 10.0. The molecule has 3 rings (SSSR count). The molecular weight excluding hydrogens is 222 g/mol. The van der Waals surface area contributed by atoms with Gasteiger partial charge in [0.2, 0.25) is 0 Å². The zero-order chi connectivity index (χ0) is 12.4. The fourth-order valence-corrected chi connectivity index (χ4v) is 2.75. The molecule has 1 fully saturated rings. The Balaban J connectivity index is 1.86. The molecule has 2 aromatic rings. The second kappa shape index (κ2) is 4.99. The Morgan fingerprint density at radius 3 is 2.67 bits per heavy atom. The highest BCUT2D eigenvalue weighted by Gasteiger charge is 2.19. The van der Waals surface area contributed by atoms with Crippen molar-refractivity contribution in [2.45, 2.75) is 25.8 Å². The van der Waals surface area contributed by atoms with Crippen LogP contribution >= 0.6 is 0 Å². The molecule has 1 saturated heterocycles. The first-order chi connectivity index (χ1) is 8.84. The van der Waals surface area contributed by atoms with E-state index in [0.717, 1.165) is 5.56 Å². The SMILES string of the molecule is C[C@H](c1cccc(-c2ccoc2)c1)N1CCCC1. The fourth-order valence-electron chi connectivity index (χ4n) is 2.75. The maximum absolute atomic E-state index is 5.16. The Kier molecular flexibility index (Phi) is 3.20. The number of hydrogen-bond acceptors (Lipinski definition) is 2. The summed E-state index contributed by atoms with van der Waals surface area (Å²) in [4.78, 5) is 2.56. The van der Waals surface area contributed by atoms with Crippen molar-refractivity contribution in [1.82, 2.24) is 4.90 Å². The smallest absolute Gasteiger partial charge is 0.0980 e. The Morgan fingerprint density at radius 1 is 1.11 bits per heavy atom. The summed E-state index contributed by atoms with van der Waals surface area (Å²) in [6.07, 6.45) is 6.21. The second-order valence-corrected chi connectivity index (χ2v) is 5.06. The summed E-state index contributed by atoms with van der Waals surface area (Å²) < 4.78 is 5.16. The number of benzene rings is 1. The minimum atomic E-state index is 0.513. The van der Waals surface area contributed by atoms with Crippen LogP contribution in [-0.2, 0) is 0 Å². The lowest BCUT2D eigenvalue weighted by Crippen LogP contribution is -2.23. The van der Waals surface area contributed by atoms with Crippen molar-refractivity contribution in [3.05, 3.63) is 48.4 Å². The van der Waals surface area contributed by atoms with Gasteiger partial charge in [0.05, 0.1) is 12.5 Å². The molecule has 1 aromatic carbocycles. The van der Waals surface area contributed by atoms with E-state index in [0.29, 0.717) is 6.04 Å². The van der Waals surface area contributed by atoms with Gasteiger partial charge in [-0.15, -0.1) is 0 Å². The summed E-state index contributed by atoms with van der Waals surface area (Å²) in [7, 11) is 0. The van der Waals surface area contributed by atoms with Gasteiger partial charge >= 0.3 is 0 Å². The van der Waals surface area contributed by atoms with E-state index in [4.69, 9.17) is 4.42 Å². The van der Waals surface area contributed by atoms with Gasteiger partial charge in [-0.2, -0.15) is 0 Å². The van der Waals surface area contributed by atoms with Crippen molar-refractivity contribution in [3.8, 4) is 11.1 Å². The van der Waals surface area contributed by atoms with E-state index < -0.39 is 0 Å². The van der Waals surface area contributed by atoms with Crippen LogP contribution in [0.1, 0.15) is 31.4 Å². The molecule has 18 heavy (non-hydrogen) atoms. The maximum Gasteiger partial charge on any atom is 0.0980 e. The van der Waals surface area contributed by atoms with Crippen molar-refractivity contribution in [2.24, 2.45) is 0 Å². The van der Waals surface area contributed by atoms with E-state index in [9.17, 15) is 0 Å². The van der Waals surface area contributed by atoms with Crippen LogP contribution in [0.25, 0.3) is 11.1 Å². The van der Waals surface area contributed by atoms with Crippen LogP contribution in [0.3, 0.4) is 0 Å².